The molecule has 2 heterocycles. The van der Waals surface area contributed by atoms with E-state index in [1.165, 1.54) is 22.5 Å². The fourth-order valence-electron chi connectivity index (χ4n) is 2.56. The molecule has 0 fully saturated rings. The summed E-state index contributed by atoms with van der Waals surface area (Å²) < 4.78 is 1.82. The quantitative estimate of drug-likeness (QED) is 0.783. The van der Waals surface area contributed by atoms with Crippen molar-refractivity contribution in [3.8, 4) is 0 Å². The monoisotopic (exact) mass is 328 g/mol. The van der Waals surface area contributed by atoms with Gasteiger partial charge in [0.05, 0.1) is 6.04 Å². The molecule has 0 aliphatic carbocycles. The molecular formula is C17H20N4OS. The van der Waals surface area contributed by atoms with Crippen molar-refractivity contribution in [2.75, 3.05) is 20.6 Å². The van der Waals surface area contributed by atoms with E-state index in [0.717, 1.165) is 4.96 Å². The van der Waals surface area contributed by atoms with Crippen LogP contribution in [0, 0.1) is 6.92 Å². The van der Waals surface area contributed by atoms with Gasteiger partial charge in [0, 0.05) is 24.3 Å². The molecular weight excluding hydrogens is 308 g/mol. The number of aromatic nitrogens is 2. The first-order valence-corrected chi connectivity index (χ1v) is 8.36. The first kappa shape index (κ1) is 15.7. The van der Waals surface area contributed by atoms with Gasteiger partial charge in [0.2, 0.25) is 0 Å². The molecule has 3 aromatic rings. The minimum Gasteiger partial charge on any atom is -0.349 e. The van der Waals surface area contributed by atoms with Crippen molar-refractivity contribution >= 4 is 22.2 Å². The lowest BCUT2D eigenvalue weighted by Crippen LogP contribution is -2.35. The predicted molar refractivity (Wildman–Crippen MR) is 93.0 cm³/mol. The van der Waals surface area contributed by atoms with Crippen LogP contribution in [-0.4, -0.2) is 40.8 Å². The van der Waals surface area contributed by atoms with Gasteiger partial charge in [0.25, 0.3) is 5.91 Å². The molecule has 2 aromatic heterocycles. The van der Waals surface area contributed by atoms with E-state index in [1.807, 2.05) is 30.1 Å². The molecule has 1 unspecified atom stereocenters. The van der Waals surface area contributed by atoms with Crippen LogP contribution >= 0.6 is 11.3 Å². The topological polar surface area (TPSA) is 49.6 Å². The maximum atomic E-state index is 12.5. The fourth-order valence-corrected chi connectivity index (χ4v) is 3.39. The fraction of sp³-hybridized carbons (Fsp3) is 0.294. The number of nitrogens with one attached hydrogen (secondary N) is 1. The van der Waals surface area contributed by atoms with E-state index in [9.17, 15) is 4.79 Å². The Bertz CT molecular complexity index is 803. The van der Waals surface area contributed by atoms with E-state index in [-0.39, 0.29) is 11.9 Å². The summed E-state index contributed by atoms with van der Waals surface area (Å²) >= 11 is 1.47. The second-order valence-electron chi connectivity index (χ2n) is 5.80. The Morgan fingerprint density at radius 1 is 1.35 bits per heavy atom. The largest absolute Gasteiger partial charge is 0.349 e. The lowest BCUT2D eigenvalue weighted by molar-refractivity contribution is 0.0936. The van der Waals surface area contributed by atoms with Crippen LogP contribution in [0.4, 0.5) is 0 Å². The van der Waals surface area contributed by atoms with Gasteiger partial charge in [-0.15, -0.1) is 11.3 Å². The van der Waals surface area contributed by atoms with E-state index in [2.05, 4.69) is 46.4 Å². The van der Waals surface area contributed by atoms with Gasteiger partial charge in [-0.2, -0.15) is 0 Å². The third kappa shape index (κ3) is 3.28. The maximum absolute atomic E-state index is 12.5. The number of aryl methyl sites for hydroxylation is 1. The summed E-state index contributed by atoms with van der Waals surface area (Å²) in [7, 11) is 4.05. The molecule has 1 atom stereocenters. The molecule has 0 saturated carbocycles. The molecule has 5 nitrogen and oxygen atoms in total. The minimum atomic E-state index is -0.0757. The molecule has 6 heteroatoms. The molecule has 3 rings (SSSR count). The second-order valence-corrected chi connectivity index (χ2v) is 6.64. The molecule has 0 radical (unpaired) electrons. The Hall–Kier alpha value is -2.18. The first-order valence-electron chi connectivity index (χ1n) is 7.48. The van der Waals surface area contributed by atoms with Gasteiger partial charge in [0.1, 0.15) is 5.69 Å². The minimum absolute atomic E-state index is 0.0757. The summed E-state index contributed by atoms with van der Waals surface area (Å²) in [6, 6.07) is 8.56. The van der Waals surface area contributed by atoms with Crippen LogP contribution in [-0.2, 0) is 0 Å². The molecule has 1 N–H and O–H groups in total. The highest BCUT2D eigenvalue weighted by molar-refractivity contribution is 7.15. The Labute approximate surface area is 139 Å². The average molecular weight is 328 g/mol. The third-order valence-corrected chi connectivity index (χ3v) is 4.77. The lowest BCUT2D eigenvalue weighted by atomic mass is 10.0. The van der Waals surface area contributed by atoms with Crippen LogP contribution in [0.2, 0.25) is 0 Å². The van der Waals surface area contributed by atoms with Gasteiger partial charge in [-0.1, -0.05) is 29.8 Å². The number of thiazole rings is 1. The molecule has 0 saturated heterocycles. The zero-order valence-electron chi connectivity index (χ0n) is 13.5. The number of amides is 1. The van der Waals surface area contributed by atoms with Crippen molar-refractivity contribution < 1.29 is 4.79 Å². The third-order valence-electron chi connectivity index (χ3n) is 3.92. The number of likely N-dealkylation sites (N-methyl/N-ethyl adjacent to an activating group) is 1. The molecule has 1 aromatic carbocycles. The highest BCUT2D eigenvalue weighted by atomic mass is 32.1. The predicted octanol–water partition coefficient (Wildman–Crippen LogP) is 2.74. The molecule has 1 amide bonds. The Morgan fingerprint density at radius 3 is 2.78 bits per heavy atom. The van der Waals surface area contributed by atoms with Crippen molar-refractivity contribution in [1.29, 1.82) is 0 Å². The number of carbonyl (C=O) groups excluding carboxylic acids is 1. The number of rotatable bonds is 5. The zero-order chi connectivity index (χ0) is 16.4. The van der Waals surface area contributed by atoms with Crippen molar-refractivity contribution in [3.63, 3.8) is 0 Å². The molecule has 0 aliphatic rings. The lowest BCUT2D eigenvalue weighted by Gasteiger charge is -2.25. The van der Waals surface area contributed by atoms with Crippen LogP contribution in [0.3, 0.4) is 0 Å². The average Bonchev–Trinajstić information content (AvgIpc) is 3.11. The SMILES string of the molecule is Cc1ccc(C(CNC(=O)c2csc3nccn23)N(C)C)cc1. The van der Waals surface area contributed by atoms with Crippen molar-refractivity contribution in [2.24, 2.45) is 0 Å². The van der Waals surface area contributed by atoms with Crippen molar-refractivity contribution in [2.45, 2.75) is 13.0 Å². The van der Waals surface area contributed by atoms with Gasteiger partial charge >= 0.3 is 0 Å². The van der Waals surface area contributed by atoms with Gasteiger partial charge in [-0.25, -0.2) is 4.98 Å². The van der Waals surface area contributed by atoms with Crippen LogP contribution < -0.4 is 5.32 Å². The zero-order valence-corrected chi connectivity index (χ0v) is 14.3. The Morgan fingerprint density at radius 2 is 2.09 bits per heavy atom. The van der Waals surface area contributed by atoms with E-state index in [0.29, 0.717) is 12.2 Å². The molecule has 0 aliphatic heterocycles. The van der Waals surface area contributed by atoms with Gasteiger partial charge in [-0.05, 0) is 26.6 Å². The number of benzene rings is 1. The molecule has 0 bridgehead atoms. The van der Waals surface area contributed by atoms with Crippen LogP contribution in [0.1, 0.15) is 27.7 Å². The standard InChI is InChI=1S/C17H20N4OS/c1-12-4-6-13(7-5-12)14(20(2)3)10-19-16(22)15-11-23-17-18-8-9-21(15)17/h4-9,11,14H,10H2,1-3H3,(H,19,22). The van der Waals surface area contributed by atoms with E-state index >= 15 is 0 Å². The number of nitrogens with zero attached hydrogens (tertiary/aromatic N) is 3. The summed E-state index contributed by atoms with van der Waals surface area (Å²) in [4.78, 5) is 19.6. The second kappa shape index (κ2) is 6.52. The van der Waals surface area contributed by atoms with Crippen LogP contribution in [0.5, 0.6) is 0 Å². The number of fused-ring (bicyclic) bond motifs is 1. The van der Waals surface area contributed by atoms with Gasteiger partial charge in [-0.3, -0.25) is 9.20 Å². The van der Waals surface area contributed by atoms with Gasteiger partial charge in [0.15, 0.2) is 4.96 Å². The number of hydrogen-bond donors (Lipinski definition) is 1. The van der Waals surface area contributed by atoms with E-state index < -0.39 is 0 Å². The first-order chi connectivity index (χ1) is 11.1. The van der Waals surface area contributed by atoms with E-state index in [4.69, 9.17) is 0 Å². The summed E-state index contributed by atoms with van der Waals surface area (Å²) in [5.74, 6) is -0.0757. The number of hydrogen-bond acceptors (Lipinski definition) is 4. The Balaban J connectivity index is 1.73. The van der Waals surface area contributed by atoms with Crippen LogP contribution in [0.25, 0.3) is 4.96 Å². The summed E-state index contributed by atoms with van der Waals surface area (Å²) in [5.41, 5.74) is 3.05. The highest BCUT2D eigenvalue weighted by Gasteiger charge is 2.17. The smallest absolute Gasteiger partial charge is 0.269 e. The van der Waals surface area contributed by atoms with Gasteiger partial charge < -0.3 is 10.2 Å². The summed E-state index contributed by atoms with van der Waals surface area (Å²) in [5, 5.41) is 4.88. The number of imidazole rings is 1. The van der Waals surface area contributed by atoms with Crippen molar-refractivity contribution in [3.05, 3.63) is 58.9 Å². The number of carbonyl (C=O) groups is 1. The molecule has 120 valence electrons. The van der Waals surface area contributed by atoms with Crippen LogP contribution in [0.15, 0.2) is 42.0 Å². The summed E-state index contributed by atoms with van der Waals surface area (Å²) in [6.07, 6.45) is 3.52. The van der Waals surface area contributed by atoms with Crippen molar-refractivity contribution in [1.82, 2.24) is 19.6 Å². The highest BCUT2D eigenvalue weighted by Crippen LogP contribution is 2.19. The molecule has 23 heavy (non-hydrogen) atoms. The molecule has 0 spiro atoms. The van der Waals surface area contributed by atoms with E-state index in [1.54, 1.807) is 6.20 Å². The maximum Gasteiger partial charge on any atom is 0.269 e. The normalized spacial score (nSPS) is 12.7. The Kier molecular flexibility index (Phi) is 4.45. The summed E-state index contributed by atoms with van der Waals surface area (Å²) in [6.45, 7) is 2.63.